The lowest BCUT2D eigenvalue weighted by molar-refractivity contribution is -0.156. The van der Waals surface area contributed by atoms with Crippen LogP contribution < -0.4 is 5.73 Å². The first-order valence-electron chi connectivity index (χ1n) is 7.21. The minimum Gasteiger partial charge on any atom is -0.461 e. The maximum atomic E-state index is 12.0. The van der Waals surface area contributed by atoms with Crippen molar-refractivity contribution in [2.75, 3.05) is 0 Å². The molecule has 0 spiro atoms. The molecule has 4 unspecified atom stereocenters. The summed E-state index contributed by atoms with van der Waals surface area (Å²) in [6.07, 6.45) is 4.09. The van der Waals surface area contributed by atoms with Gasteiger partial charge in [-0.15, -0.1) is 0 Å². The molecule has 1 saturated carbocycles. The summed E-state index contributed by atoms with van der Waals surface area (Å²) in [6.45, 7) is 10.8. The standard InChI is InChI=1S/C15H29NO2/c1-6-11(3)13(16)14(17)18-12-7-10(2)8-15(4,5)9-12/h10-13H,6-9,16H2,1-5H3. The van der Waals surface area contributed by atoms with Crippen molar-refractivity contribution in [3.63, 3.8) is 0 Å². The van der Waals surface area contributed by atoms with Crippen LogP contribution in [0.2, 0.25) is 0 Å². The Bertz CT molecular complexity index is 288. The van der Waals surface area contributed by atoms with E-state index < -0.39 is 6.04 Å². The average molecular weight is 255 g/mol. The van der Waals surface area contributed by atoms with E-state index in [0.717, 1.165) is 19.3 Å². The molecule has 0 saturated heterocycles. The number of carbonyl (C=O) groups excluding carboxylic acids is 1. The molecule has 0 radical (unpaired) electrons. The van der Waals surface area contributed by atoms with Gasteiger partial charge in [-0.2, -0.15) is 0 Å². The number of hydrogen-bond acceptors (Lipinski definition) is 3. The molecule has 0 heterocycles. The van der Waals surface area contributed by atoms with Gasteiger partial charge in [0.05, 0.1) is 0 Å². The normalized spacial score (nSPS) is 30.6. The van der Waals surface area contributed by atoms with Gasteiger partial charge in [-0.25, -0.2) is 0 Å². The topological polar surface area (TPSA) is 52.3 Å². The second-order valence-electron chi connectivity index (χ2n) is 6.88. The SMILES string of the molecule is CCC(C)C(N)C(=O)OC1CC(C)CC(C)(C)C1. The molecule has 0 bridgehead atoms. The van der Waals surface area contributed by atoms with E-state index in [9.17, 15) is 4.79 Å². The quantitative estimate of drug-likeness (QED) is 0.785. The fourth-order valence-corrected chi connectivity index (χ4v) is 3.08. The molecule has 4 atom stereocenters. The average Bonchev–Trinajstić information content (AvgIpc) is 2.23. The van der Waals surface area contributed by atoms with Crippen LogP contribution >= 0.6 is 0 Å². The summed E-state index contributed by atoms with van der Waals surface area (Å²) in [4.78, 5) is 12.0. The highest BCUT2D eigenvalue weighted by Crippen LogP contribution is 2.39. The van der Waals surface area contributed by atoms with Crippen LogP contribution in [-0.4, -0.2) is 18.1 Å². The van der Waals surface area contributed by atoms with Crippen LogP contribution in [-0.2, 0) is 9.53 Å². The van der Waals surface area contributed by atoms with Gasteiger partial charge in [-0.3, -0.25) is 4.79 Å². The second-order valence-corrected chi connectivity index (χ2v) is 6.88. The third-order valence-corrected chi connectivity index (χ3v) is 4.16. The maximum Gasteiger partial charge on any atom is 0.323 e. The minimum absolute atomic E-state index is 0.0476. The summed E-state index contributed by atoms with van der Waals surface area (Å²) in [7, 11) is 0. The van der Waals surface area contributed by atoms with E-state index >= 15 is 0 Å². The lowest BCUT2D eigenvalue weighted by atomic mass is 9.71. The minimum atomic E-state index is -0.477. The molecule has 106 valence electrons. The zero-order chi connectivity index (χ0) is 13.9. The Kier molecular flexibility index (Phi) is 5.20. The molecule has 0 amide bonds. The molecule has 3 nitrogen and oxygen atoms in total. The summed E-state index contributed by atoms with van der Waals surface area (Å²) in [5.41, 5.74) is 6.18. The monoisotopic (exact) mass is 255 g/mol. The van der Waals surface area contributed by atoms with Crippen molar-refractivity contribution in [1.29, 1.82) is 0 Å². The zero-order valence-corrected chi connectivity index (χ0v) is 12.5. The molecule has 1 rings (SSSR count). The van der Waals surface area contributed by atoms with E-state index in [1.165, 1.54) is 6.42 Å². The third-order valence-electron chi connectivity index (χ3n) is 4.16. The lowest BCUT2D eigenvalue weighted by Crippen LogP contribution is -2.42. The molecule has 0 aromatic rings. The first kappa shape index (κ1) is 15.5. The molecule has 1 aliphatic rings. The highest BCUT2D eigenvalue weighted by Gasteiger charge is 2.35. The van der Waals surface area contributed by atoms with Gasteiger partial charge in [0.1, 0.15) is 12.1 Å². The molecule has 0 aromatic carbocycles. The number of nitrogens with two attached hydrogens (primary N) is 1. The number of ether oxygens (including phenoxy) is 1. The second kappa shape index (κ2) is 6.05. The van der Waals surface area contributed by atoms with Crippen molar-refractivity contribution < 1.29 is 9.53 Å². The van der Waals surface area contributed by atoms with Crippen molar-refractivity contribution in [3.05, 3.63) is 0 Å². The van der Waals surface area contributed by atoms with E-state index in [-0.39, 0.29) is 23.4 Å². The Hall–Kier alpha value is -0.570. The van der Waals surface area contributed by atoms with Crippen LogP contribution in [0.1, 0.15) is 60.3 Å². The summed E-state index contributed by atoms with van der Waals surface area (Å²) in [6, 6.07) is -0.477. The fourth-order valence-electron chi connectivity index (χ4n) is 3.08. The predicted molar refractivity (Wildman–Crippen MR) is 74.1 cm³/mol. The number of rotatable bonds is 4. The van der Waals surface area contributed by atoms with Crippen LogP contribution in [0, 0.1) is 17.3 Å². The van der Waals surface area contributed by atoms with Gasteiger partial charge < -0.3 is 10.5 Å². The summed E-state index contributed by atoms with van der Waals surface area (Å²) < 4.78 is 5.62. The summed E-state index contributed by atoms with van der Waals surface area (Å²) in [5, 5.41) is 0. The van der Waals surface area contributed by atoms with Crippen LogP contribution in [0.25, 0.3) is 0 Å². The van der Waals surface area contributed by atoms with E-state index in [1.54, 1.807) is 0 Å². The molecule has 2 N–H and O–H groups in total. The van der Waals surface area contributed by atoms with E-state index in [4.69, 9.17) is 10.5 Å². The molecular weight excluding hydrogens is 226 g/mol. The highest BCUT2D eigenvalue weighted by atomic mass is 16.5. The Labute approximate surface area is 111 Å². The van der Waals surface area contributed by atoms with E-state index in [0.29, 0.717) is 5.92 Å². The number of hydrogen-bond donors (Lipinski definition) is 1. The van der Waals surface area contributed by atoms with Gasteiger partial charge in [0.15, 0.2) is 0 Å². The maximum absolute atomic E-state index is 12.0. The first-order valence-corrected chi connectivity index (χ1v) is 7.21. The van der Waals surface area contributed by atoms with Crippen molar-refractivity contribution in [2.24, 2.45) is 23.0 Å². The lowest BCUT2D eigenvalue weighted by Gasteiger charge is -2.38. The zero-order valence-electron chi connectivity index (χ0n) is 12.5. The molecule has 0 aliphatic heterocycles. The van der Waals surface area contributed by atoms with Gasteiger partial charge in [0.2, 0.25) is 0 Å². The van der Waals surface area contributed by atoms with E-state index in [2.05, 4.69) is 20.8 Å². The number of carbonyl (C=O) groups is 1. The molecule has 1 aliphatic carbocycles. The van der Waals surface area contributed by atoms with Crippen LogP contribution in [0.5, 0.6) is 0 Å². The van der Waals surface area contributed by atoms with Gasteiger partial charge in [-0.05, 0) is 36.5 Å². The van der Waals surface area contributed by atoms with Crippen LogP contribution in [0.15, 0.2) is 0 Å². The summed E-state index contributed by atoms with van der Waals surface area (Å²) >= 11 is 0. The molecule has 18 heavy (non-hydrogen) atoms. The molecular formula is C15H29NO2. The Balaban J connectivity index is 2.54. The van der Waals surface area contributed by atoms with Crippen molar-refractivity contribution in [2.45, 2.75) is 72.4 Å². The van der Waals surface area contributed by atoms with E-state index in [1.807, 2.05) is 13.8 Å². The Morgan fingerprint density at radius 2 is 2.06 bits per heavy atom. The Morgan fingerprint density at radius 3 is 2.56 bits per heavy atom. The van der Waals surface area contributed by atoms with Crippen molar-refractivity contribution in [1.82, 2.24) is 0 Å². The third kappa shape index (κ3) is 4.27. The highest BCUT2D eigenvalue weighted by molar-refractivity contribution is 5.76. The first-order chi connectivity index (χ1) is 8.25. The smallest absolute Gasteiger partial charge is 0.323 e. The van der Waals surface area contributed by atoms with Gasteiger partial charge >= 0.3 is 5.97 Å². The van der Waals surface area contributed by atoms with Gasteiger partial charge in [0, 0.05) is 0 Å². The van der Waals surface area contributed by atoms with Gasteiger partial charge in [0.25, 0.3) is 0 Å². The Morgan fingerprint density at radius 1 is 1.44 bits per heavy atom. The fraction of sp³-hybridized carbons (Fsp3) is 0.933. The van der Waals surface area contributed by atoms with Gasteiger partial charge in [-0.1, -0.05) is 41.0 Å². The summed E-state index contributed by atoms with van der Waals surface area (Å²) in [5.74, 6) is 0.581. The van der Waals surface area contributed by atoms with Crippen molar-refractivity contribution >= 4 is 5.97 Å². The molecule has 3 heteroatoms. The molecule has 1 fully saturated rings. The van der Waals surface area contributed by atoms with Crippen molar-refractivity contribution in [3.8, 4) is 0 Å². The van der Waals surface area contributed by atoms with Crippen LogP contribution in [0.3, 0.4) is 0 Å². The largest absolute Gasteiger partial charge is 0.461 e. The van der Waals surface area contributed by atoms with Crippen LogP contribution in [0.4, 0.5) is 0 Å². The number of esters is 1. The predicted octanol–water partition coefficient (Wildman–Crippen LogP) is 3.12. The molecule has 0 aromatic heterocycles.